The van der Waals surface area contributed by atoms with Crippen molar-refractivity contribution in [3.05, 3.63) is 41.0 Å². The number of aliphatic hydroxyl groups is 1. The molecule has 0 aliphatic heterocycles. The molecule has 1 radical (unpaired) electrons. The molecule has 1 atom stereocenters. The number of aromatic amines is 1. The summed E-state index contributed by atoms with van der Waals surface area (Å²) in [4.78, 5) is 0. The molecular formula is C12H12ClN2O. The van der Waals surface area contributed by atoms with Crippen LogP contribution in [0.2, 0.25) is 5.02 Å². The van der Waals surface area contributed by atoms with Gasteiger partial charge in [0.25, 0.3) is 0 Å². The van der Waals surface area contributed by atoms with Crippen molar-refractivity contribution >= 4 is 11.6 Å². The number of H-pyrrole nitrogens is 1. The van der Waals surface area contributed by atoms with Gasteiger partial charge in [-0.25, -0.2) is 0 Å². The summed E-state index contributed by atoms with van der Waals surface area (Å²) in [6, 6.07) is 10.3. The molecule has 0 spiro atoms. The Labute approximate surface area is 99.1 Å². The van der Waals surface area contributed by atoms with Gasteiger partial charge in [-0.2, -0.15) is 5.10 Å². The molecule has 83 valence electrons. The van der Waals surface area contributed by atoms with E-state index in [4.69, 9.17) is 11.6 Å². The topological polar surface area (TPSA) is 48.9 Å². The van der Waals surface area contributed by atoms with Crippen molar-refractivity contribution in [1.29, 1.82) is 0 Å². The molecule has 1 unspecified atom stereocenters. The first kappa shape index (κ1) is 11.2. The smallest absolute Gasteiger partial charge is 0.0923 e. The number of benzene rings is 1. The molecule has 0 aliphatic carbocycles. The maximum absolute atomic E-state index is 9.25. The Hall–Kier alpha value is -1.32. The second kappa shape index (κ2) is 4.68. The van der Waals surface area contributed by atoms with E-state index in [0.29, 0.717) is 11.4 Å². The van der Waals surface area contributed by atoms with Crippen LogP contribution in [0.3, 0.4) is 0 Å². The third-order valence-electron chi connectivity index (χ3n) is 2.22. The Bertz CT molecular complexity index is 462. The molecule has 4 heteroatoms. The van der Waals surface area contributed by atoms with Crippen LogP contribution in [0.1, 0.15) is 12.6 Å². The fourth-order valence-electron chi connectivity index (χ4n) is 1.50. The van der Waals surface area contributed by atoms with Gasteiger partial charge in [-0.3, -0.25) is 5.10 Å². The van der Waals surface area contributed by atoms with Crippen LogP contribution >= 0.6 is 11.6 Å². The zero-order valence-electron chi connectivity index (χ0n) is 8.87. The minimum absolute atomic E-state index is 0.370. The zero-order valence-corrected chi connectivity index (χ0v) is 9.62. The normalized spacial score (nSPS) is 12.7. The maximum atomic E-state index is 9.25. The number of aromatic nitrogens is 2. The maximum Gasteiger partial charge on any atom is 0.0923 e. The van der Waals surface area contributed by atoms with E-state index >= 15 is 0 Å². The van der Waals surface area contributed by atoms with Crippen molar-refractivity contribution < 1.29 is 5.11 Å². The summed E-state index contributed by atoms with van der Waals surface area (Å²) in [5.41, 5.74) is 2.71. The summed E-state index contributed by atoms with van der Waals surface area (Å²) in [6.45, 7) is 1.75. The van der Waals surface area contributed by atoms with Crippen molar-refractivity contribution in [3.63, 3.8) is 0 Å². The van der Waals surface area contributed by atoms with Gasteiger partial charge in [-0.1, -0.05) is 17.7 Å². The Kier molecular flexibility index (Phi) is 3.27. The van der Waals surface area contributed by atoms with Crippen molar-refractivity contribution in [2.45, 2.75) is 19.4 Å². The second-order valence-electron chi connectivity index (χ2n) is 3.76. The van der Waals surface area contributed by atoms with Crippen LogP contribution in [0.25, 0.3) is 11.3 Å². The van der Waals surface area contributed by atoms with Crippen molar-refractivity contribution in [2.75, 3.05) is 0 Å². The molecule has 1 aromatic heterocycles. The van der Waals surface area contributed by atoms with Gasteiger partial charge in [-0.05, 0) is 25.1 Å². The average molecular weight is 236 g/mol. The Morgan fingerprint density at radius 1 is 1.56 bits per heavy atom. The summed E-state index contributed by atoms with van der Waals surface area (Å²) in [7, 11) is 0. The molecule has 3 nitrogen and oxygen atoms in total. The highest BCUT2D eigenvalue weighted by molar-refractivity contribution is 6.30. The molecule has 0 saturated carbocycles. The molecule has 1 aromatic carbocycles. The van der Waals surface area contributed by atoms with E-state index < -0.39 is 0 Å². The van der Waals surface area contributed by atoms with Crippen LogP contribution in [0, 0.1) is 6.07 Å². The summed E-state index contributed by atoms with van der Waals surface area (Å²) < 4.78 is 0. The number of nitrogens with zero attached hydrogens (tertiary/aromatic N) is 1. The third kappa shape index (κ3) is 2.62. The van der Waals surface area contributed by atoms with E-state index in [-0.39, 0.29) is 6.10 Å². The average Bonchev–Trinajstić information content (AvgIpc) is 2.66. The Balaban J connectivity index is 2.21. The van der Waals surface area contributed by atoms with Crippen LogP contribution in [-0.2, 0) is 6.42 Å². The fourth-order valence-corrected chi connectivity index (χ4v) is 1.62. The summed E-state index contributed by atoms with van der Waals surface area (Å²) >= 11 is 5.76. The SMILES string of the molecule is CC(O)Cc1cc(-c2c[c]c(Cl)cc2)n[nH]1. The highest BCUT2D eigenvalue weighted by Gasteiger charge is 2.05. The molecule has 0 fully saturated rings. The summed E-state index contributed by atoms with van der Waals surface area (Å²) in [6.07, 6.45) is 0.203. The predicted octanol–water partition coefficient (Wildman–Crippen LogP) is 2.45. The molecule has 0 saturated heterocycles. The quantitative estimate of drug-likeness (QED) is 0.859. The number of hydrogen-bond acceptors (Lipinski definition) is 2. The minimum Gasteiger partial charge on any atom is -0.393 e. The third-order valence-corrected chi connectivity index (χ3v) is 2.45. The van der Waals surface area contributed by atoms with Crippen LogP contribution in [-0.4, -0.2) is 21.4 Å². The lowest BCUT2D eigenvalue weighted by molar-refractivity contribution is 0.194. The fraction of sp³-hybridized carbons (Fsp3) is 0.250. The molecule has 2 rings (SSSR count). The number of nitrogens with one attached hydrogen (secondary N) is 1. The first-order chi connectivity index (χ1) is 7.65. The second-order valence-corrected chi connectivity index (χ2v) is 4.16. The molecular weight excluding hydrogens is 224 g/mol. The molecule has 0 bridgehead atoms. The first-order valence-corrected chi connectivity index (χ1v) is 5.43. The van der Waals surface area contributed by atoms with Gasteiger partial charge < -0.3 is 5.11 Å². The summed E-state index contributed by atoms with van der Waals surface area (Å²) in [5.74, 6) is 0. The van der Waals surface area contributed by atoms with E-state index in [1.165, 1.54) is 0 Å². The molecule has 1 heterocycles. The van der Waals surface area contributed by atoms with Gasteiger partial charge in [-0.15, -0.1) is 0 Å². The van der Waals surface area contributed by atoms with Gasteiger partial charge >= 0.3 is 0 Å². The number of aliphatic hydroxyl groups excluding tert-OH is 1. The van der Waals surface area contributed by atoms with E-state index in [2.05, 4.69) is 16.3 Å². The molecule has 2 N–H and O–H groups in total. The lowest BCUT2D eigenvalue weighted by Gasteiger charge is -1.98. The standard InChI is InChI=1S/C12H12ClN2O/c1-8(16)6-11-7-12(15-14-11)9-2-4-10(13)5-3-9/h2-4,7-8,16H,6H2,1H3,(H,14,15). The lowest BCUT2D eigenvalue weighted by atomic mass is 10.1. The van der Waals surface area contributed by atoms with Crippen LogP contribution < -0.4 is 0 Å². The van der Waals surface area contributed by atoms with Crippen LogP contribution in [0.15, 0.2) is 24.3 Å². The summed E-state index contributed by atoms with van der Waals surface area (Å²) in [5, 5.41) is 16.9. The molecule has 0 amide bonds. The van der Waals surface area contributed by atoms with Crippen molar-refractivity contribution in [2.24, 2.45) is 0 Å². The van der Waals surface area contributed by atoms with Gasteiger partial charge in [0, 0.05) is 28.8 Å². The van der Waals surface area contributed by atoms with Crippen LogP contribution in [0.4, 0.5) is 0 Å². The van der Waals surface area contributed by atoms with E-state index in [1.807, 2.05) is 12.1 Å². The van der Waals surface area contributed by atoms with E-state index in [0.717, 1.165) is 17.0 Å². The number of rotatable bonds is 3. The predicted molar refractivity (Wildman–Crippen MR) is 63.3 cm³/mol. The first-order valence-electron chi connectivity index (χ1n) is 5.05. The zero-order chi connectivity index (χ0) is 11.5. The molecule has 16 heavy (non-hydrogen) atoms. The highest BCUT2D eigenvalue weighted by atomic mass is 35.5. The van der Waals surface area contributed by atoms with Gasteiger partial charge in [0.05, 0.1) is 11.8 Å². The minimum atomic E-state index is -0.370. The monoisotopic (exact) mass is 235 g/mol. The highest BCUT2D eigenvalue weighted by Crippen LogP contribution is 2.20. The largest absolute Gasteiger partial charge is 0.393 e. The Morgan fingerprint density at radius 3 is 3.00 bits per heavy atom. The van der Waals surface area contributed by atoms with Crippen LogP contribution in [0.5, 0.6) is 0 Å². The van der Waals surface area contributed by atoms with Gasteiger partial charge in [0.15, 0.2) is 0 Å². The van der Waals surface area contributed by atoms with Gasteiger partial charge in [0.1, 0.15) is 0 Å². The number of halogens is 1. The van der Waals surface area contributed by atoms with Gasteiger partial charge in [0.2, 0.25) is 0 Å². The Morgan fingerprint density at radius 2 is 2.38 bits per heavy atom. The molecule has 0 aliphatic rings. The number of hydrogen-bond donors (Lipinski definition) is 2. The lowest BCUT2D eigenvalue weighted by Crippen LogP contribution is -2.04. The van der Waals surface area contributed by atoms with Crippen molar-refractivity contribution in [1.82, 2.24) is 10.2 Å². The molecule has 2 aromatic rings. The van der Waals surface area contributed by atoms with Crippen molar-refractivity contribution in [3.8, 4) is 11.3 Å². The van der Waals surface area contributed by atoms with E-state index in [9.17, 15) is 5.11 Å². The van der Waals surface area contributed by atoms with E-state index in [1.54, 1.807) is 19.1 Å².